The highest BCUT2D eigenvalue weighted by Gasteiger charge is 2.18. The molecular weight excluding hydrogens is 264 g/mol. The molecule has 106 valence electrons. The van der Waals surface area contributed by atoms with Gasteiger partial charge in [-0.2, -0.15) is 0 Å². The summed E-state index contributed by atoms with van der Waals surface area (Å²) >= 11 is 6.75. The fourth-order valence-electron chi connectivity index (χ4n) is 2.92. The lowest BCUT2D eigenvalue weighted by atomic mass is 9.87. The van der Waals surface area contributed by atoms with Crippen molar-refractivity contribution in [1.82, 2.24) is 0 Å². The molecule has 1 heteroatoms. The van der Waals surface area contributed by atoms with E-state index in [9.17, 15) is 0 Å². The highest BCUT2D eigenvalue weighted by molar-refractivity contribution is 6.21. The third-order valence-corrected chi connectivity index (χ3v) is 5.00. The van der Waals surface area contributed by atoms with Crippen molar-refractivity contribution in [3.63, 3.8) is 0 Å². The fraction of sp³-hybridized carbons (Fsp3) is 0.368. The van der Waals surface area contributed by atoms with Crippen LogP contribution in [0.1, 0.15) is 44.3 Å². The average molecular weight is 287 g/mol. The highest BCUT2D eigenvalue weighted by Crippen LogP contribution is 2.35. The standard InChI is InChI=1S/C19H23Cl/c1-12-13(2)15(4)19(16(5)14(12)3)18(20)11-17-9-7-6-8-10-17/h6-10,18H,11H2,1-5H3. The Kier molecular flexibility index (Phi) is 4.55. The summed E-state index contributed by atoms with van der Waals surface area (Å²) in [6, 6.07) is 10.5. The van der Waals surface area contributed by atoms with Gasteiger partial charge < -0.3 is 0 Å². The number of alkyl halides is 1. The molecule has 2 aromatic carbocycles. The predicted octanol–water partition coefficient (Wildman–Crippen LogP) is 5.75. The van der Waals surface area contributed by atoms with Crippen molar-refractivity contribution in [1.29, 1.82) is 0 Å². The van der Waals surface area contributed by atoms with E-state index in [0.717, 1.165) is 6.42 Å². The quantitative estimate of drug-likeness (QED) is 0.630. The first-order valence-electron chi connectivity index (χ1n) is 7.18. The number of benzene rings is 2. The lowest BCUT2D eigenvalue weighted by molar-refractivity contribution is 0.889. The van der Waals surface area contributed by atoms with Gasteiger partial charge in [-0.1, -0.05) is 30.3 Å². The van der Waals surface area contributed by atoms with E-state index in [-0.39, 0.29) is 5.38 Å². The van der Waals surface area contributed by atoms with Crippen LogP contribution in [-0.4, -0.2) is 0 Å². The summed E-state index contributed by atoms with van der Waals surface area (Å²) in [5.74, 6) is 0. The van der Waals surface area contributed by atoms with Crippen LogP contribution in [0.2, 0.25) is 0 Å². The molecule has 0 aliphatic rings. The summed E-state index contributed by atoms with van der Waals surface area (Å²) in [7, 11) is 0. The van der Waals surface area contributed by atoms with Gasteiger partial charge in [0.1, 0.15) is 0 Å². The Morgan fingerprint density at radius 1 is 0.750 bits per heavy atom. The minimum atomic E-state index is 0.0374. The number of hydrogen-bond acceptors (Lipinski definition) is 0. The van der Waals surface area contributed by atoms with E-state index in [0.29, 0.717) is 0 Å². The minimum absolute atomic E-state index is 0.0374. The first-order chi connectivity index (χ1) is 9.43. The summed E-state index contributed by atoms with van der Waals surface area (Å²) in [4.78, 5) is 0. The summed E-state index contributed by atoms with van der Waals surface area (Å²) in [5, 5.41) is 0.0374. The molecule has 1 atom stereocenters. The Morgan fingerprint density at radius 2 is 1.20 bits per heavy atom. The van der Waals surface area contributed by atoms with E-state index in [1.807, 2.05) is 6.07 Å². The van der Waals surface area contributed by atoms with Crippen LogP contribution < -0.4 is 0 Å². The average Bonchev–Trinajstić information content (AvgIpc) is 2.44. The monoisotopic (exact) mass is 286 g/mol. The van der Waals surface area contributed by atoms with Gasteiger partial charge in [-0.15, -0.1) is 11.6 Å². The van der Waals surface area contributed by atoms with Gasteiger partial charge in [-0.25, -0.2) is 0 Å². The molecule has 0 amide bonds. The van der Waals surface area contributed by atoms with E-state index in [1.165, 1.54) is 38.9 Å². The Morgan fingerprint density at radius 3 is 1.70 bits per heavy atom. The molecular formula is C19H23Cl. The Bertz CT molecular complexity index is 582. The van der Waals surface area contributed by atoms with Crippen LogP contribution in [0, 0.1) is 34.6 Å². The normalized spacial score (nSPS) is 12.5. The van der Waals surface area contributed by atoms with Crippen LogP contribution >= 0.6 is 11.6 Å². The largest absolute Gasteiger partial charge is 0.117 e. The van der Waals surface area contributed by atoms with Gasteiger partial charge in [-0.3, -0.25) is 0 Å². The van der Waals surface area contributed by atoms with Gasteiger partial charge in [0.15, 0.2) is 0 Å². The second kappa shape index (κ2) is 6.01. The summed E-state index contributed by atoms with van der Waals surface area (Å²) in [5.41, 5.74) is 9.46. The highest BCUT2D eigenvalue weighted by atomic mass is 35.5. The summed E-state index contributed by atoms with van der Waals surface area (Å²) in [6.07, 6.45) is 0.881. The van der Waals surface area contributed by atoms with Crippen molar-refractivity contribution in [3.05, 3.63) is 69.3 Å². The molecule has 0 aliphatic carbocycles. The molecule has 0 spiro atoms. The molecule has 0 nitrogen and oxygen atoms in total. The predicted molar refractivity (Wildman–Crippen MR) is 88.9 cm³/mol. The van der Waals surface area contributed by atoms with Gasteiger partial charge in [0, 0.05) is 0 Å². The zero-order chi connectivity index (χ0) is 14.9. The molecule has 0 aliphatic heterocycles. The van der Waals surface area contributed by atoms with E-state index in [4.69, 9.17) is 11.6 Å². The zero-order valence-electron chi connectivity index (χ0n) is 13.0. The third-order valence-electron chi connectivity index (χ3n) is 4.63. The van der Waals surface area contributed by atoms with E-state index >= 15 is 0 Å². The van der Waals surface area contributed by atoms with Gasteiger partial charge >= 0.3 is 0 Å². The van der Waals surface area contributed by atoms with Crippen molar-refractivity contribution >= 4 is 11.6 Å². The van der Waals surface area contributed by atoms with Gasteiger partial charge in [0.2, 0.25) is 0 Å². The molecule has 2 aromatic rings. The summed E-state index contributed by atoms with van der Waals surface area (Å²) in [6.45, 7) is 11.0. The first-order valence-corrected chi connectivity index (χ1v) is 7.62. The maximum Gasteiger partial charge on any atom is 0.0630 e. The van der Waals surface area contributed by atoms with Gasteiger partial charge in [0.05, 0.1) is 5.38 Å². The first kappa shape index (κ1) is 15.1. The van der Waals surface area contributed by atoms with Crippen molar-refractivity contribution in [2.45, 2.75) is 46.4 Å². The van der Waals surface area contributed by atoms with Gasteiger partial charge in [-0.05, 0) is 80.0 Å². The van der Waals surface area contributed by atoms with Crippen LogP contribution in [-0.2, 0) is 6.42 Å². The molecule has 0 saturated heterocycles. The molecule has 0 aromatic heterocycles. The third kappa shape index (κ3) is 2.76. The molecule has 0 radical (unpaired) electrons. The van der Waals surface area contributed by atoms with Crippen molar-refractivity contribution < 1.29 is 0 Å². The molecule has 0 heterocycles. The Balaban J connectivity index is 2.42. The van der Waals surface area contributed by atoms with Crippen LogP contribution in [0.25, 0.3) is 0 Å². The molecule has 1 unspecified atom stereocenters. The summed E-state index contributed by atoms with van der Waals surface area (Å²) < 4.78 is 0. The van der Waals surface area contributed by atoms with Crippen LogP contribution in [0.4, 0.5) is 0 Å². The van der Waals surface area contributed by atoms with Crippen LogP contribution in [0.15, 0.2) is 30.3 Å². The molecule has 0 fully saturated rings. The Hall–Kier alpha value is -1.27. The van der Waals surface area contributed by atoms with E-state index in [1.54, 1.807) is 0 Å². The van der Waals surface area contributed by atoms with E-state index < -0.39 is 0 Å². The van der Waals surface area contributed by atoms with Crippen LogP contribution in [0.3, 0.4) is 0 Å². The number of halogens is 1. The Labute approximate surface area is 127 Å². The number of hydrogen-bond donors (Lipinski definition) is 0. The zero-order valence-corrected chi connectivity index (χ0v) is 13.8. The van der Waals surface area contributed by atoms with Crippen molar-refractivity contribution in [2.75, 3.05) is 0 Å². The molecule has 0 N–H and O–H groups in total. The smallest absolute Gasteiger partial charge is 0.0630 e. The number of rotatable bonds is 3. The molecule has 2 rings (SSSR count). The lowest BCUT2D eigenvalue weighted by Gasteiger charge is -2.22. The minimum Gasteiger partial charge on any atom is -0.117 e. The maximum absolute atomic E-state index is 6.75. The molecule has 0 bridgehead atoms. The second-order valence-electron chi connectivity index (χ2n) is 5.70. The topological polar surface area (TPSA) is 0 Å². The van der Waals surface area contributed by atoms with Crippen molar-refractivity contribution in [2.24, 2.45) is 0 Å². The molecule has 20 heavy (non-hydrogen) atoms. The molecule has 0 saturated carbocycles. The second-order valence-corrected chi connectivity index (χ2v) is 6.22. The van der Waals surface area contributed by atoms with Crippen molar-refractivity contribution in [3.8, 4) is 0 Å². The lowest BCUT2D eigenvalue weighted by Crippen LogP contribution is -2.06. The van der Waals surface area contributed by atoms with Crippen LogP contribution in [0.5, 0.6) is 0 Å². The SMILES string of the molecule is Cc1c(C)c(C)c(C(Cl)Cc2ccccc2)c(C)c1C. The van der Waals surface area contributed by atoms with Gasteiger partial charge in [0.25, 0.3) is 0 Å². The van der Waals surface area contributed by atoms with E-state index in [2.05, 4.69) is 58.9 Å². The maximum atomic E-state index is 6.75. The fourth-order valence-corrected chi connectivity index (χ4v) is 3.43.